The molecule has 0 N–H and O–H groups in total. The highest BCUT2D eigenvalue weighted by Gasteiger charge is 2.06. The molecule has 0 saturated heterocycles. The van der Waals surface area contributed by atoms with Crippen molar-refractivity contribution >= 4 is 11.6 Å². The summed E-state index contributed by atoms with van der Waals surface area (Å²) < 4.78 is 10.3. The summed E-state index contributed by atoms with van der Waals surface area (Å²) in [6, 6.07) is 3.77. The van der Waals surface area contributed by atoms with Gasteiger partial charge in [-0.1, -0.05) is 0 Å². The highest BCUT2D eigenvalue weighted by atomic mass is 35.5. The van der Waals surface area contributed by atoms with Crippen molar-refractivity contribution in [3.05, 3.63) is 23.3 Å². The highest BCUT2D eigenvalue weighted by Crippen LogP contribution is 2.28. The predicted molar refractivity (Wildman–Crippen MR) is 53.8 cm³/mol. The number of hydrogen-bond donors (Lipinski definition) is 0. The van der Waals surface area contributed by atoms with Gasteiger partial charge in [0.1, 0.15) is 11.5 Å². The van der Waals surface area contributed by atoms with Gasteiger partial charge in [0.25, 0.3) is 0 Å². The van der Waals surface area contributed by atoms with Crippen molar-refractivity contribution in [1.82, 2.24) is 0 Å². The first-order valence-corrected chi connectivity index (χ1v) is 4.53. The zero-order chi connectivity index (χ0) is 9.84. The van der Waals surface area contributed by atoms with Gasteiger partial charge in [-0.15, -0.1) is 11.6 Å². The minimum absolute atomic E-state index is 0.472. The van der Waals surface area contributed by atoms with Gasteiger partial charge in [0, 0.05) is 11.9 Å². The molecule has 0 amide bonds. The third kappa shape index (κ3) is 2.07. The molecular formula is C10H13ClO2. The first-order valence-electron chi connectivity index (χ1n) is 4.00. The largest absolute Gasteiger partial charge is 0.497 e. The second-order valence-corrected chi connectivity index (χ2v) is 3.01. The van der Waals surface area contributed by atoms with E-state index in [4.69, 9.17) is 21.1 Å². The van der Waals surface area contributed by atoms with Crippen LogP contribution in [0.1, 0.15) is 11.1 Å². The van der Waals surface area contributed by atoms with E-state index in [9.17, 15) is 0 Å². The van der Waals surface area contributed by atoms with Crippen LogP contribution in [-0.2, 0) is 5.88 Å². The van der Waals surface area contributed by atoms with Crippen LogP contribution in [0, 0.1) is 6.92 Å². The zero-order valence-electron chi connectivity index (χ0n) is 8.06. The standard InChI is InChI=1S/C10H13ClO2/c1-7-8(6-11)4-9(12-2)5-10(7)13-3/h4-5H,6H2,1-3H3. The molecular weight excluding hydrogens is 188 g/mol. The van der Waals surface area contributed by atoms with Gasteiger partial charge >= 0.3 is 0 Å². The van der Waals surface area contributed by atoms with E-state index in [-0.39, 0.29) is 0 Å². The van der Waals surface area contributed by atoms with Crippen LogP contribution in [0.15, 0.2) is 12.1 Å². The van der Waals surface area contributed by atoms with Crippen LogP contribution < -0.4 is 9.47 Å². The van der Waals surface area contributed by atoms with Gasteiger partial charge in [-0.2, -0.15) is 0 Å². The zero-order valence-corrected chi connectivity index (χ0v) is 8.81. The third-order valence-electron chi connectivity index (χ3n) is 2.04. The molecule has 1 aromatic rings. The summed E-state index contributed by atoms with van der Waals surface area (Å²) in [6.45, 7) is 1.98. The molecule has 13 heavy (non-hydrogen) atoms. The molecule has 1 aromatic carbocycles. The van der Waals surface area contributed by atoms with Crippen molar-refractivity contribution in [2.24, 2.45) is 0 Å². The molecule has 0 unspecified atom stereocenters. The second kappa shape index (κ2) is 4.38. The van der Waals surface area contributed by atoms with Crippen LogP contribution in [0.4, 0.5) is 0 Å². The lowest BCUT2D eigenvalue weighted by Crippen LogP contribution is -1.94. The summed E-state index contributed by atoms with van der Waals surface area (Å²) in [4.78, 5) is 0. The van der Waals surface area contributed by atoms with Crippen LogP contribution in [0.5, 0.6) is 11.5 Å². The molecule has 0 fully saturated rings. The maximum absolute atomic E-state index is 5.78. The Morgan fingerprint density at radius 1 is 1.23 bits per heavy atom. The molecule has 0 spiro atoms. The van der Waals surface area contributed by atoms with Crippen LogP contribution in [-0.4, -0.2) is 14.2 Å². The molecule has 0 atom stereocenters. The fourth-order valence-electron chi connectivity index (χ4n) is 1.19. The quantitative estimate of drug-likeness (QED) is 0.699. The van der Waals surface area contributed by atoms with Crippen molar-refractivity contribution in [3.8, 4) is 11.5 Å². The number of ether oxygens (including phenoxy) is 2. The first-order chi connectivity index (χ1) is 6.22. The molecule has 0 saturated carbocycles. The summed E-state index contributed by atoms with van der Waals surface area (Å²) >= 11 is 5.78. The minimum atomic E-state index is 0.472. The normalized spacial score (nSPS) is 9.85. The maximum atomic E-state index is 5.78. The van der Waals surface area contributed by atoms with Gasteiger partial charge in [-0.3, -0.25) is 0 Å². The van der Waals surface area contributed by atoms with Gasteiger partial charge in [-0.05, 0) is 24.1 Å². The molecule has 1 rings (SSSR count). The number of halogens is 1. The average Bonchev–Trinajstić information content (AvgIpc) is 2.18. The van der Waals surface area contributed by atoms with Crippen molar-refractivity contribution in [2.75, 3.05) is 14.2 Å². The van der Waals surface area contributed by atoms with Crippen molar-refractivity contribution in [1.29, 1.82) is 0 Å². The molecule has 0 radical (unpaired) electrons. The number of hydrogen-bond acceptors (Lipinski definition) is 2. The molecule has 72 valence electrons. The van der Waals surface area contributed by atoms with E-state index in [1.54, 1.807) is 14.2 Å². The van der Waals surface area contributed by atoms with Gasteiger partial charge in [0.05, 0.1) is 14.2 Å². The smallest absolute Gasteiger partial charge is 0.125 e. The van der Waals surface area contributed by atoms with E-state index in [2.05, 4.69) is 0 Å². The van der Waals surface area contributed by atoms with Crippen LogP contribution in [0.2, 0.25) is 0 Å². The molecule has 0 aliphatic carbocycles. The molecule has 0 heterocycles. The third-order valence-corrected chi connectivity index (χ3v) is 2.33. The maximum Gasteiger partial charge on any atom is 0.125 e. The summed E-state index contributed by atoms with van der Waals surface area (Å²) in [5.74, 6) is 2.06. The van der Waals surface area contributed by atoms with Crippen molar-refractivity contribution in [3.63, 3.8) is 0 Å². The van der Waals surface area contributed by atoms with Crippen LogP contribution in [0.25, 0.3) is 0 Å². The van der Waals surface area contributed by atoms with Gasteiger partial charge in [-0.25, -0.2) is 0 Å². The minimum Gasteiger partial charge on any atom is -0.497 e. The molecule has 0 aliphatic heterocycles. The van der Waals surface area contributed by atoms with E-state index < -0.39 is 0 Å². The molecule has 2 nitrogen and oxygen atoms in total. The van der Waals surface area contributed by atoms with E-state index in [1.807, 2.05) is 19.1 Å². The SMILES string of the molecule is COc1cc(CCl)c(C)c(OC)c1. The molecule has 0 aromatic heterocycles. The Kier molecular flexibility index (Phi) is 3.43. The van der Waals surface area contributed by atoms with Gasteiger partial charge < -0.3 is 9.47 Å². The topological polar surface area (TPSA) is 18.5 Å². The fourth-order valence-corrected chi connectivity index (χ4v) is 1.46. The summed E-state index contributed by atoms with van der Waals surface area (Å²) in [5, 5.41) is 0. The summed E-state index contributed by atoms with van der Waals surface area (Å²) in [5.41, 5.74) is 2.11. The Morgan fingerprint density at radius 3 is 2.38 bits per heavy atom. The van der Waals surface area contributed by atoms with Crippen LogP contribution >= 0.6 is 11.6 Å². The van der Waals surface area contributed by atoms with Gasteiger partial charge in [0.15, 0.2) is 0 Å². The Morgan fingerprint density at radius 2 is 1.92 bits per heavy atom. The lowest BCUT2D eigenvalue weighted by atomic mass is 10.1. The first kappa shape index (κ1) is 10.2. The second-order valence-electron chi connectivity index (χ2n) is 2.75. The predicted octanol–water partition coefficient (Wildman–Crippen LogP) is 2.75. The summed E-state index contributed by atoms with van der Waals surface area (Å²) in [6.07, 6.45) is 0. The monoisotopic (exact) mass is 200 g/mol. The number of alkyl halides is 1. The summed E-state index contributed by atoms with van der Waals surface area (Å²) in [7, 11) is 3.27. The van der Waals surface area contributed by atoms with Gasteiger partial charge in [0.2, 0.25) is 0 Å². The van der Waals surface area contributed by atoms with Crippen molar-refractivity contribution in [2.45, 2.75) is 12.8 Å². The fraction of sp³-hybridized carbons (Fsp3) is 0.400. The van der Waals surface area contributed by atoms with E-state index in [0.717, 1.165) is 22.6 Å². The number of methoxy groups -OCH3 is 2. The Bertz CT molecular complexity index is 272. The van der Waals surface area contributed by atoms with E-state index >= 15 is 0 Å². The number of rotatable bonds is 3. The van der Waals surface area contributed by atoms with Crippen molar-refractivity contribution < 1.29 is 9.47 Å². The Labute approximate surface area is 83.4 Å². The Balaban J connectivity index is 3.20. The lowest BCUT2D eigenvalue weighted by molar-refractivity contribution is 0.391. The average molecular weight is 201 g/mol. The van der Waals surface area contributed by atoms with E-state index in [1.165, 1.54) is 0 Å². The molecule has 0 aliphatic rings. The number of benzene rings is 1. The lowest BCUT2D eigenvalue weighted by Gasteiger charge is -2.10. The van der Waals surface area contributed by atoms with E-state index in [0.29, 0.717) is 5.88 Å². The molecule has 3 heteroatoms. The van der Waals surface area contributed by atoms with Crippen LogP contribution in [0.3, 0.4) is 0 Å². The highest BCUT2D eigenvalue weighted by molar-refractivity contribution is 6.17. The Hall–Kier alpha value is -0.890. The molecule has 0 bridgehead atoms.